The zero-order chi connectivity index (χ0) is 12.5. The highest BCUT2D eigenvalue weighted by atomic mass is 32.2. The van der Waals surface area contributed by atoms with E-state index in [0.717, 1.165) is 6.42 Å². The lowest BCUT2D eigenvalue weighted by atomic mass is 10.1. The average Bonchev–Trinajstić information content (AvgIpc) is 2.79. The maximum Gasteiger partial charge on any atom is 0.214 e. The summed E-state index contributed by atoms with van der Waals surface area (Å²) in [6.45, 7) is 2.11. The Bertz CT molecular complexity index is 501. The standard InChI is InChI=1S/C12H16FNO2S/c1-2-17(15,16)14-9-5-8-12(14)10-6-3-4-7-11(10)13/h3-4,6-7,12H,2,5,8-9H2,1H3/t12-/m0/s1. The Kier molecular flexibility index (Phi) is 3.49. The minimum atomic E-state index is -3.25. The van der Waals surface area contributed by atoms with E-state index in [2.05, 4.69) is 0 Å². The highest BCUT2D eigenvalue weighted by Gasteiger charge is 2.35. The van der Waals surface area contributed by atoms with E-state index in [0.29, 0.717) is 18.5 Å². The second kappa shape index (κ2) is 4.74. The van der Waals surface area contributed by atoms with Gasteiger partial charge < -0.3 is 0 Å². The molecular formula is C12H16FNO2S. The summed E-state index contributed by atoms with van der Waals surface area (Å²) in [5.41, 5.74) is 0.488. The predicted octanol–water partition coefficient (Wildman–Crippen LogP) is 2.31. The molecule has 1 aliphatic rings. The lowest BCUT2D eigenvalue weighted by Gasteiger charge is -2.24. The summed E-state index contributed by atoms with van der Waals surface area (Å²) in [5, 5.41) is 0. The van der Waals surface area contributed by atoms with Gasteiger partial charge in [-0.25, -0.2) is 12.8 Å². The van der Waals surface area contributed by atoms with E-state index in [9.17, 15) is 12.8 Å². The zero-order valence-electron chi connectivity index (χ0n) is 9.77. The van der Waals surface area contributed by atoms with Crippen molar-refractivity contribution < 1.29 is 12.8 Å². The Morgan fingerprint density at radius 3 is 2.76 bits per heavy atom. The third kappa shape index (κ3) is 2.35. The molecule has 3 nitrogen and oxygen atoms in total. The first-order valence-corrected chi connectivity index (χ1v) is 7.41. The Balaban J connectivity index is 2.36. The molecule has 1 fully saturated rings. The number of hydrogen-bond donors (Lipinski definition) is 0. The van der Waals surface area contributed by atoms with Crippen molar-refractivity contribution in [3.8, 4) is 0 Å². The first kappa shape index (κ1) is 12.5. The Hall–Kier alpha value is -0.940. The van der Waals surface area contributed by atoms with Gasteiger partial charge in [-0.2, -0.15) is 4.31 Å². The monoisotopic (exact) mass is 257 g/mol. The van der Waals surface area contributed by atoms with Gasteiger partial charge in [0.15, 0.2) is 0 Å². The third-order valence-electron chi connectivity index (χ3n) is 3.19. The minimum absolute atomic E-state index is 0.0674. The van der Waals surface area contributed by atoms with Gasteiger partial charge in [0.05, 0.1) is 11.8 Å². The molecule has 0 N–H and O–H groups in total. The molecule has 0 radical (unpaired) electrons. The molecule has 17 heavy (non-hydrogen) atoms. The number of nitrogens with zero attached hydrogens (tertiary/aromatic N) is 1. The fraction of sp³-hybridized carbons (Fsp3) is 0.500. The Labute approximate surface area is 101 Å². The van der Waals surface area contributed by atoms with Crippen LogP contribution in [0.5, 0.6) is 0 Å². The Morgan fingerprint density at radius 2 is 2.12 bits per heavy atom. The van der Waals surface area contributed by atoms with Crippen LogP contribution in [0.3, 0.4) is 0 Å². The molecule has 1 aromatic carbocycles. The quantitative estimate of drug-likeness (QED) is 0.833. The van der Waals surface area contributed by atoms with Crippen LogP contribution in [0.25, 0.3) is 0 Å². The van der Waals surface area contributed by atoms with Crippen molar-refractivity contribution in [2.24, 2.45) is 0 Å². The van der Waals surface area contributed by atoms with Gasteiger partial charge in [0.2, 0.25) is 10.0 Å². The topological polar surface area (TPSA) is 37.4 Å². The molecule has 1 atom stereocenters. The molecule has 5 heteroatoms. The predicted molar refractivity (Wildman–Crippen MR) is 64.5 cm³/mol. The lowest BCUT2D eigenvalue weighted by Crippen LogP contribution is -2.32. The van der Waals surface area contributed by atoms with E-state index in [4.69, 9.17) is 0 Å². The Morgan fingerprint density at radius 1 is 1.41 bits per heavy atom. The summed E-state index contributed by atoms with van der Waals surface area (Å²) in [5.74, 6) is -0.256. The van der Waals surface area contributed by atoms with Gasteiger partial charge in [0, 0.05) is 12.1 Å². The summed E-state index contributed by atoms with van der Waals surface area (Å²) in [7, 11) is -3.25. The molecule has 0 spiro atoms. The first-order chi connectivity index (χ1) is 8.06. The SMILES string of the molecule is CCS(=O)(=O)N1CCC[C@H]1c1ccccc1F. The third-order valence-corrected chi connectivity index (χ3v) is 5.07. The molecule has 2 rings (SSSR count). The number of rotatable bonds is 3. The fourth-order valence-corrected chi connectivity index (χ4v) is 3.64. The van der Waals surface area contributed by atoms with Crippen LogP contribution in [0.2, 0.25) is 0 Å². The molecule has 0 unspecified atom stereocenters. The molecule has 1 aliphatic heterocycles. The normalized spacial score (nSPS) is 21.9. The van der Waals surface area contributed by atoms with E-state index in [1.807, 2.05) is 0 Å². The van der Waals surface area contributed by atoms with Gasteiger partial charge in [-0.15, -0.1) is 0 Å². The van der Waals surface area contributed by atoms with Crippen molar-refractivity contribution in [1.29, 1.82) is 0 Å². The minimum Gasteiger partial charge on any atom is -0.212 e. The van der Waals surface area contributed by atoms with E-state index < -0.39 is 10.0 Å². The molecular weight excluding hydrogens is 241 g/mol. The smallest absolute Gasteiger partial charge is 0.212 e. The summed E-state index contributed by atoms with van der Waals surface area (Å²) >= 11 is 0. The molecule has 1 heterocycles. The number of sulfonamides is 1. The van der Waals surface area contributed by atoms with E-state index in [1.54, 1.807) is 25.1 Å². The lowest BCUT2D eigenvalue weighted by molar-refractivity contribution is 0.387. The maximum atomic E-state index is 13.7. The van der Waals surface area contributed by atoms with Gasteiger partial charge in [-0.3, -0.25) is 0 Å². The maximum absolute atomic E-state index is 13.7. The van der Waals surface area contributed by atoms with E-state index in [-0.39, 0.29) is 17.6 Å². The van der Waals surface area contributed by atoms with Crippen LogP contribution in [-0.2, 0) is 10.0 Å². The van der Waals surface area contributed by atoms with Crippen LogP contribution < -0.4 is 0 Å². The summed E-state index contributed by atoms with van der Waals surface area (Å²) in [6.07, 6.45) is 1.48. The van der Waals surface area contributed by atoms with E-state index in [1.165, 1.54) is 10.4 Å². The van der Waals surface area contributed by atoms with E-state index >= 15 is 0 Å². The van der Waals surface area contributed by atoms with Crippen LogP contribution in [0.15, 0.2) is 24.3 Å². The second-order valence-corrected chi connectivity index (χ2v) is 6.40. The molecule has 0 amide bonds. The number of hydrogen-bond acceptors (Lipinski definition) is 2. The van der Waals surface area contributed by atoms with Crippen LogP contribution in [0.4, 0.5) is 4.39 Å². The van der Waals surface area contributed by atoms with Gasteiger partial charge in [0.1, 0.15) is 5.82 Å². The largest absolute Gasteiger partial charge is 0.214 e. The summed E-state index contributed by atoms with van der Waals surface area (Å²) in [6, 6.07) is 6.08. The highest BCUT2D eigenvalue weighted by Crippen LogP contribution is 2.35. The van der Waals surface area contributed by atoms with Gasteiger partial charge in [-0.05, 0) is 25.8 Å². The zero-order valence-corrected chi connectivity index (χ0v) is 10.6. The second-order valence-electron chi connectivity index (χ2n) is 4.19. The number of benzene rings is 1. The van der Waals surface area contributed by atoms with Crippen molar-refractivity contribution in [2.75, 3.05) is 12.3 Å². The van der Waals surface area contributed by atoms with Crippen LogP contribution >= 0.6 is 0 Å². The average molecular weight is 257 g/mol. The van der Waals surface area contributed by atoms with Gasteiger partial charge >= 0.3 is 0 Å². The summed E-state index contributed by atoms with van der Waals surface area (Å²) in [4.78, 5) is 0. The molecule has 0 saturated carbocycles. The van der Waals surface area contributed by atoms with Crippen molar-refractivity contribution in [3.63, 3.8) is 0 Å². The molecule has 0 bridgehead atoms. The van der Waals surface area contributed by atoms with Crippen molar-refractivity contribution in [3.05, 3.63) is 35.6 Å². The van der Waals surface area contributed by atoms with Crippen molar-refractivity contribution in [1.82, 2.24) is 4.31 Å². The summed E-state index contributed by atoms with van der Waals surface area (Å²) < 4.78 is 38.9. The number of halogens is 1. The van der Waals surface area contributed by atoms with Crippen molar-refractivity contribution >= 4 is 10.0 Å². The van der Waals surface area contributed by atoms with Gasteiger partial charge in [0.25, 0.3) is 0 Å². The molecule has 1 saturated heterocycles. The molecule has 0 aromatic heterocycles. The molecule has 94 valence electrons. The van der Waals surface area contributed by atoms with Crippen LogP contribution in [-0.4, -0.2) is 25.0 Å². The molecule has 1 aromatic rings. The first-order valence-electron chi connectivity index (χ1n) is 5.80. The van der Waals surface area contributed by atoms with Gasteiger partial charge in [-0.1, -0.05) is 18.2 Å². The van der Waals surface area contributed by atoms with Crippen LogP contribution in [0, 0.1) is 5.82 Å². The molecule has 0 aliphatic carbocycles. The van der Waals surface area contributed by atoms with Crippen molar-refractivity contribution in [2.45, 2.75) is 25.8 Å². The fourth-order valence-electron chi connectivity index (χ4n) is 2.30. The highest BCUT2D eigenvalue weighted by molar-refractivity contribution is 7.89. The van der Waals surface area contributed by atoms with Crippen LogP contribution in [0.1, 0.15) is 31.4 Å².